The van der Waals surface area contributed by atoms with Gasteiger partial charge in [-0.15, -0.1) is 0 Å². The third kappa shape index (κ3) is 6.30. The van der Waals surface area contributed by atoms with Gasteiger partial charge in [-0.1, -0.05) is 17.7 Å². The van der Waals surface area contributed by atoms with Gasteiger partial charge in [0.15, 0.2) is 6.61 Å². The Kier molecular flexibility index (Phi) is 7.52. The van der Waals surface area contributed by atoms with Gasteiger partial charge in [0.05, 0.1) is 13.0 Å². The van der Waals surface area contributed by atoms with E-state index < -0.39 is 24.4 Å². The molecular formula is C26H23ClN2O6. The molecular weight excluding hydrogens is 472 g/mol. The zero-order chi connectivity index (χ0) is 24.8. The van der Waals surface area contributed by atoms with E-state index >= 15 is 0 Å². The minimum absolute atomic E-state index is 0.0127. The minimum Gasteiger partial charge on any atom is -0.497 e. The molecule has 180 valence electrons. The number of anilines is 2. The number of hydrogen-bond donors (Lipinski definition) is 1. The topological polar surface area (TPSA) is 94.2 Å². The molecule has 1 aliphatic rings. The van der Waals surface area contributed by atoms with Gasteiger partial charge >= 0.3 is 5.97 Å². The first-order chi connectivity index (χ1) is 16.9. The maximum atomic E-state index is 12.5. The van der Waals surface area contributed by atoms with E-state index in [1.165, 1.54) is 4.90 Å². The molecule has 1 saturated heterocycles. The van der Waals surface area contributed by atoms with Crippen molar-refractivity contribution in [2.24, 2.45) is 5.92 Å². The lowest BCUT2D eigenvalue weighted by atomic mass is 10.1. The molecule has 8 nitrogen and oxygen atoms in total. The number of benzene rings is 3. The number of halogens is 1. The molecule has 1 N–H and O–H groups in total. The van der Waals surface area contributed by atoms with Crippen LogP contribution in [0.1, 0.15) is 6.42 Å². The zero-order valence-corrected chi connectivity index (χ0v) is 19.7. The molecule has 9 heteroatoms. The first-order valence-electron chi connectivity index (χ1n) is 10.9. The predicted molar refractivity (Wildman–Crippen MR) is 131 cm³/mol. The van der Waals surface area contributed by atoms with E-state index in [2.05, 4.69) is 5.32 Å². The summed E-state index contributed by atoms with van der Waals surface area (Å²) in [6.07, 6.45) is 0.0127. The van der Waals surface area contributed by atoms with Gasteiger partial charge < -0.3 is 24.4 Å². The fourth-order valence-corrected chi connectivity index (χ4v) is 3.80. The third-order valence-corrected chi connectivity index (χ3v) is 5.59. The number of methoxy groups -OCH3 is 1. The van der Waals surface area contributed by atoms with Gasteiger partial charge in [0.1, 0.15) is 17.2 Å². The van der Waals surface area contributed by atoms with Gasteiger partial charge in [-0.3, -0.25) is 14.4 Å². The number of ether oxygens (including phenoxy) is 3. The number of nitrogens with zero attached hydrogens (tertiary/aromatic N) is 1. The van der Waals surface area contributed by atoms with Gasteiger partial charge in [-0.25, -0.2) is 0 Å². The molecule has 0 unspecified atom stereocenters. The van der Waals surface area contributed by atoms with E-state index in [0.29, 0.717) is 27.9 Å². The van der Waals surface area contributed by atoms with Crippen molar-refractivity contribution < 1.29 is 28.6 Å². The van der Waals surface area contributed by atoms with Crippen LogP contribution in [0, 0.1) is 5.92 Å². The number of carbonyl (C=O) groups excluding carboxylic acids is 3. The van der Waals surface area contributed by atoms with Crippen LogP contribution in [0.2, 0.25) is 5.02 Å². The van der Waals surface area contributed by atoms with Crippen molar-refractivity contribution in [1.82, 2.24) is 0 Å². The number of nitrogens with one attached hydrogen (secondary N) is 1. The summed E-state index contributed by atoms with van der Waals surface area (Å²) in [6.45, 7) is -0.278. The molecule has 3 aromatic carbocycles. The van der Waals surface area contributed by atoms with Crippen molar-refractivity contribution >= 4 is 40.8 Å². The molecule has 0 radical (unpaired) electrons. The Balaban J connectivity index is 1.29. The Bertz CT molecular complexity index is 1210. The molecule has 3 aromatic rings. The monoisotopic (exact) mass is 494 g/mol. The fourth-order valence-electron chi connectivity index (χ4n) is 3.61. The van der Waals surface area contributed by atoms with E-state index in [-0.39, 0.29) is 18.9 Å². The van der Waals surface area contributed by atoms with E-state index in [1.54, 1.807) is 79.9 Å². The molecule has 1 atom stereocenters. The second kappa shape index (κ2) is 10.9. The smallest absolute Gasteiger partial charge is 0.311 e. The van der Waals surface area contributed by atoms with Crippen molar-refractivity contribution in [1.29, 1.82) is 0 Å². The van der Waals surface area contributed by atoms with Crippen molar-refractivity contribution in [3.05, 3.63) is 77.8 Å². The second-order valence-corrected chi connectivity index (χ2v) is 8.28. The van der Waals surface area contributed by atoms with Crippen molar-refractivity contribution in [2.75, 3.05) is 30.5 Å². The van der Waals surface area contributed by atoms with Crippen molar-refractivity contribution in [3.8, 4) is 17.2 Å². The summed E-state index contributed by atoms with van der Waals surface area (Å²) in [4.78, 5) is 38.6. The summed E-state index contributed by atoms with van der Waals surface area (Å²) in [5.41, 5.74) is 1.14. The molecule has 2 amide bonds. The lowest BCUT2D eigenvalue weighted by Gasteiger charge is -2.17. The largest absolute Gasteiger partial charge is 0.497 e. The average molecular weight is 495 g/mol. The highest BCUT2D eigenvalue weighted by Crippen LogP contribution is 2.29. The van der Waals surface area contributed by atoms with E-state index in [4.69, 9.17) is 25.8 Å². The van der Waals surface area contributed by atoms with Crippen molar-refractivity contribution in [3.63, 3.8) is 0 Å². The van der Waals surface area contributed by atoms with Gasteiger partial charge in [0, 0.05) is 29.4 Å². The van der Waals surface area contributed by atoms with Gasteiger partial charge in [-0.2, -0.15) is 0 Å². The Hall–Kier alpha value is -4.04. The number of carbonyl (C=O) groups is 3. The Morgan fingerprint density at radius 1 is 1.00 bits per heavy atom. The van der Waals surface area contributed by atoms with Crippen LogP contribution in [0.3, 0.4) is 0 Å². The van der Waals surface area contributed by atoms with E-state index in [9.17, 15) is 14.4 Å². The first kappa shape index (κ1) is 24.1. The summed E-state index contributed by atoms with van der Waals surface area (Å²) in [5, 5.41) is 3.08. The number of esters is 1. The number of hydrogen-bond acceptors (Lipinski definition) is 6. The highest BCUT2D eigenvalue weighted by atomic mass is 35.5. The molecule has 35 heavy (non-hydrogen) atoms. The normalized spacial score (nSPS) is 15.0. The fraction of sp³-hybridized carbons (Fsp3) is 0.192. The predicted octanol–water partition coefficient (Wildman–Crippen LogP) is 4.68. The summed E-state index contributed by atoms with van der Waals surface area (Å²) in [6, 6.07) is 20.8. The molecule has 1 aliphatic heterocycles. The number of amides is 2. The van der Waals surface area contributed by atoms with Crippen LogP contribution in [0.15, 0.2) is 72.8 Å². The second-order valence-electron chi connectivity index (χ2n) is 7.84. The standard InChI is InChI=1S/C26H23ClN2O6/c1-33-21-9-11-23(12-10-21)35-22-7-5-20(6-8-22)29-15-17(13-25(29)31)26(32)34-16-24(30)28-19-4-2-3-18(27)14-19/h2-12,14,17H,13,15-16H2,1H3,(H,28,30)/t17-/m0/s1. The van der Waals surface area contributed by atoms with E-state index in [1.807, 2.05) is 0 Å². The van der Waals surface area contributed by atoms with Crippen LogP contribution in [-0.4, -0.2) is 38.0 Å². The summed E-state index contributed by atoms with van der Waals surface area (Å²) in [5.74, 6) is 0.0481. The summed E-state index contributed by atoms with van der Waals surface area (Å²) < 4.78 is 16.1. The average Bonchev–Trinajstić information content (AvgIpc) is 3.25. The van der Waals surface area contributed by atoms with Crippen LogP contribution >= 0.6 is 11.6 Å². The lowest BCUT2D eigenvalue weighted by molar-refractivity contribution is -0.151. The van der Waals surface area contributed by atoms with Crippen LogP contribution in [0.5, 0.6) is 17.2 Å². The molecule has 0 bridgehead atoms. The molecule has 4 rings (SSSR count). The third-order valence-electron chi connectivity index (χ3n) is 5.36. The van der Waals surface area contributed by atoms with Crippen LogP contribution < -0.4 is 19.7 Å². The molecule has 0 aromatic heterocycles. The molecule has 1 heterocycles. The molecule has 0 saturated carbocycles. The van der Waals surface area contributed by atoms with Crippen LogP contribution in [0.25, 0.3) is 0 Å². The summed E-state index contributed by atoms with van der Waals surface area (Å²) in [7, 11) is 1.60. The quantitative estimate of drug-likeness (QED) is 0.457. The Morgan fingerprint density at radius 2 is 1.66 bits per heavy atom. The zero-order valence-electron chi connectivity index (χ0n) is 18.9. The van der Waals surface area contributed by atoms with Gasteiger partial charge in [0.25, 0.3) is 5.91 Å². The van der Waals surface area contributed by atoms with Crippen LogP contribution in [-0.2, 0) is 19.1 Å². The SMILES string of the molecule is COc1ccc(Oc2ccc(N3C[C@@H](C(=O)OCC(=O)Nc4cccc(Cl)c4)CC3=O)cc2)cc1. The highest BCUT2D eigenvalue weighted by Gasteiger charge is 2.36. The minimum atomic E-state index is -0.656. The van der Waals surface area contributed by atoms with Crippen LogP contribution in [0.4, 0.5) is 11.4 Å². The molecule has 0 spiro atoms. The Morgan fingerprint density at radius 3 is 2.31 bits per heavy atom. The molecule has 1 fully saturated rings. The van der Waals surface area contributed by atoms with Crippen molar-refractivity contribution in [2.45, 2.75) is 6.42 Å². The number of rotatable bonds is 8. The maximum Gasteiger partial charge on any atom is 0.311 e. The highest BCUT2D eigenvalue weighted by molar-refractivity contribution is 6.30. The van der Waals surface area contributed by atoms with Gasteiger partial charge in [0.2, 0.25) is 5.91 Å². The lowest BCUT2D eigenvalue weighted by Crippen LogP contribution is -2.28. The first-order valence-corrected chi connectivity index (χ1v) is 11.2. The van der Waals surface area contributed by atoms with E-state index in [0.717, 1.165) is 5.75 Å². The maximum absolute atomic E-state index is 12.5. The van der Waals surface area contributed by atoms with Gasteiger partial charge in [-0.05, 0) is 66.7 Å². The molecule has 0 aliphatic carbocycles. The summed E-state index contributed by atoms with van der Waals surface area (Å²) >= 11 is 5.89. The Labute approximate surface area is 207 Å².